The van der Waals surface area contributed by atoms with Crippen LogP contribution in [0.2, 0.25) is 0 Å². The number of hydrogen-bond donors (Lipinski definition) is 3. The fourth-order valence-corrected chi connectivity index (χ4v) is 5.80. The molecule has 0 spiro atoms. The molecule has 1 heterocycles. The van der Waals surface area contributed by atoms with Gasteiger partial charge >= 0.3 is 0 Å². The molecule has 0 saturated heterocycles. The molecule has 0 amide bonds. The van der Waals surface area contributed by atoms with Gasteiger partial charge in [-0.25, -0.2) is 0 Å². The summed E-state index contributed by atoms with van der Waals surface area (Å²) in [5, 5.41) is 20.5. The summed E-state index contributed by atoms with van der Waals surface area (Å²) >= 11 is 0. The Hall–Kier alpha value is -2.51. The number of nitrogens with one attached hydrogen (secondary N) is 3. The Balaban J connectivity index is 1.11. The summed E-state index contributed by atoms with van der Waals surface area (Å²) in [5.41, 5.74) is 7.36. The third-order valence-electron chi connectivity index (χ3n) is 7.56. The first kappa shape index (κ1) is 19.5. The number of hydrogen-bond acceptors (Lipinski definition) is 4. The molecule has 3 aliphatic rings. The SMILES string of the molecule is Cc1ccc2c(c1)NC(C)(C1CCC(NC[C@H]3Cc4ccc(C#N)cc4C3)CC1)N2. The van der Waals surface area contributed by atoms with Gasteiger partial charge in [-0.1, -0.05) is 12.1 Å². The smallest absolute Gasteiger partial charge is 0.108 e. The molecular formula is C26H32N4. The average Bonchev–Trinajstić information content (AvgIpc) is 3.32. The van der Waals surface area contributed by atoms with Crippen LogP contribution in [-0.2, 0) is 12.8 Å². The van der Waals surface area contributed by atoms with Crippen LogP contribution in [0.15, 0.2) is 36.4 Å². The zero-order valence-corrected chi connectivity index (χ0v) is 18.1. The fourth-order valence-electron chi connectivity index (χ4n) is 5.80. The van der Waals surface area contributed by atoms with E-state index >= 15 is 0 Å². The second-order valence-corrected chi connectivity index (χ2v) is 9.83. The molecule has 4 nitrogen and oxygen atoms in total. The van der Waals surface area contributed by atoms with E-state index in [4.69, 9.17) is 5.26 Å². The van der Waals surface area contributed by atoms with Gasteiger partial charge in [0.2, 0.25) is 0 Å². The minimum atomic E-state index is -0.0351. The number of aryl methyl sites for hydroxylation is 1. The molecule has 0 bridgehead atoms. The predicted octanol–water partition coefficient (Wildman–Crippen LogP) is 4.98. The molecule has 1 unspecified atom stereocenters. The first-order chi connectivity index (χ1) is 14.5. The molecule has 0 aromatic heterocycles. The van der Waals surface area contributed by atoms with Crippen LogP contribution in [0.1, 0.15) is 54.9 Å². The molecule has 3 N–H and O–H groups in total. The van der Waals surface area contributed by atoms with Crippen molar-refractivity contribution in [2.45, 2.75) is 64.1 Å². The molecule has 1 fully saturated rings. The largest absolute Gasteiger partial charge is 0.361 e. The average molecular weight is 401 g/mol. The molecule has 4 heteroatoms. The lowest BCUT2D eigenvalue weighted by Gasteiger charge is -2.40. The van der Waals surface area contributed by atoms with Crippen molar-refractivity contribution in [3.05, 3.63) is 58.7 Å². The first-order valence-electron chi connectivity index (χ1n) is 11.4. The second kappa shape index (κ2) is 7.63. The quantitative estimate of drug-likeness (QED) is 0.677. The van der Waals surface area contributed by atoms with Gasteiger partial charge in [0.15, 0.2) is 0 Å². The summed E-state index contributed by atoms with van der Waals surface area (Å²) in [6, 6.07) is 15.7. The molecule has 5 rings (SSSR count). The van der Waals surface area contributed by atoms with E-state index in [9.17, 15) is 0 Å². The number of rotatable bonds is 4. The molecule has 2 aromatic rings. The molecule has 1 saturated carbocycles. The van der Waals surface area contributed by atoms with Crippen molar-refractivity contribution >= 4 is 11.4 Å². The van der Waals surface area contributed by atoms with Crippen LogP contribution in [0.25, 0.3) is 0 Å². The highest BCUT2D eigenvalue weighted by Crippen LogP contribution is 2.42. The van der Waals surface area contributed by atoms with Crippen LogP contribution in [0.5, 0.6) is 0 Å². The molecule has 30 heavy (non-hydrogen) atoms. The Morgan fingerprint density at radius 2 is 1.77 bits per heavy atom. The summed E-state index contributed by atoms with van der Waals surface area (Å²) in [6.45, 7) is 5.57. The third-order valence-corrected chi connectivity index (χ3v) is 7.56. The van der Waals surface area contributed by atoms with Gasteiger partial charge in [-0.05, 0) is 106 Å². The molecule has 0 radical (unpaired) electrons. The van der Waals surface area contributed by atoms with Crippen molar-refractivity contribution < 1.29 is 0 Å². The maximum atomic E-state index is 9.12. The number of nitrogens with zero attached hydrogens (tertiary/aromatic N) is 1. The fraction of sp³-hybridized carbons (Fsp3) is 0.500. The van der Waals surface area contributed by atoms with Gasteiger partial charge in [-0.3, -0.25) is 0 Å². The van der Waals surface area contributed by atoms with Gasteiger partial charge in [0.05, 0.1) is 23.0 Å². The lowest BCUT2D eigenvalue weighted by Crippen LogP contribution is -2.49. The van der Waals surface area contributed by atoms with E-state index in [1.54, 1.807) is 0 Å². The normalized spacial score (nSPS) is 29.4. The van der Waals surface area contributed by atoms with E-state index in [1.165, 1.54) is 53.7 Å². The van der Waals surface area contributed by atoms with Gasteiger partial charge in [0.1, 0.15) is 5.66 Å². The molecule has 1 aliphatic heterocycles. The van der Waals surface area contributed by atoms with Gasteiger partial charge in [-0.2, -0.15) is 5.26 Å². The monoisotopic (exact) mass is 400 g/mol. The zero-order valence-electron chi connectivity index (χ0n) is 18.1. The second-order valence-electron chi connectivity index (χ2n) is 9.83. The minimum Gasteiger partial charge on any atom is -0.361 e. The molecular weight excluding hydrogens is 368 g/mol. The summed E-state index contributed by atoms with van der Waals surface area (Å²) in [4.78, 5) is 0. The predicted molar refractivity (Wildman–Crippen MR) is 123 cm³/mol. The third kappa shape index (κ3) is 3.68. The minimum absolute atomic E-state index is 0.0351. The van der Waals surface area contributed by atoms with Crippen molar-refractivity contribution in [1.29, 1.82) is 5.26 Å². The topological polar surface area (TPSA) is 59.9 Å². The zero-order chi connectivity index (χ0) is 20.7. The molecule has 2 atom stereocenters. The van der Waals surface area contributed by atoms with Crippen LogP contribution in [0.3, 0.4) is 0 Å². The van der Waals surface area contributed by atoms with Crippen molar-refractivity contribution in [2.75, 3.05) is 17.2 Å². The van der Waals surface area contributed by atoms with E-state index in [0.717, 1.165) is 24.9 Å². The number of fused-ring (bicyclic) bond motifs is 2. The van der Waals surface area contributed by atoms with E-state index < -0.39 is 0 Å². The maximum absolute atomic E-state index is 9.12. The van der Waals surface area contributed by atoms with Gasteiger partial charge in [-0.15, -0.1) is 0 Å². The number of benzene rings is 2. The standard InChI is InChI=1S/C26H32N4/c1-17-3-10-24-25(11-17)30-26(2,29-24)22-6-8-23(9-7-22)28-16-19-13-20-5-4-18(15-27)12-21(20)14-19/h3-5,10-12,19,22-23,28-30H,6-9,13-14,16H2,1-2H3/t19-,22?,23?,26?/m0/s1. The Labute approximate surface area is 180 Å². The first-order valence-corrected chi connectivity index (χ1v) is 11.4. The Bertz CT molecular complexity index is 983. The molecule has 2 aliphatic carbocycles. The van der Waals surface area contributed by atoms with Crippen LogP contribution in [0, 0.1) is 30.1 Å². The highest BCUT2D eigenvalue weighted by molar-refractivity contribution is 5.76. The van der Waals surface area contributed by atoms with E-state index in [0.29, 0.717) is 17.9 Å². The Morgan fingerprint density at radius 1 is 1.00 bits per heavy atom. The van der Waals surface area contributed by atoms with Crippen molar-refractivity contribution in [2.24, 2.45) is 11.8 Å². The highest BCUT2D eigenvalue weighted by Gasteiger charge is 2.40. The van der Waals surface area contributed by atoms with E-state index in [2.05, 4.69) is 66.2 Å². The summed E-state index contributed by atoms with van der Waals surface area (Å²) in [7, 11) is 0. The van der Waals surface area contributed by atoms with E-state index in [1.807, 2.05) is 6.07 Å². The summed E-state index contributed by atoms with van der Waals surface area (Å²) in [6.07, 6.45) is 7.24. The van der Waals surface area contributed by atoms with Crippen molar-refractivity contribution in [3.63, 3.8) is 0 Å². The van der Waals surface area contributed by atoms with Gasteiger partial charge in [0, 0.05) is 12.0 Å². The Morgan fingerprint density at radius 3 is 2.57 bits per heavy atom. The van der Waals surface area contributed by atoms with Crippen LogP contribution in [0.4, 0.5) is 11.4 Å². The molecule has 156 valence electrons. The van der Waals surface area contributed by atoms with Crippen LogP contribution < -0.4 is 16.0 Å². The van der Waals surface area contributed by atoms with Crippen LogP contribution in [-0.4, -0.2) is 18.2 Å². The summed E-state index contributed by atoms with van der Waals surface area (Å²) in [5.74, 6) is 1.31. The number of anilines is 2. The Kier molecular flexibility index (Phi) is 4.95. The lowest BCUT2D eigenvalue weighted by molar-refractivity contribution is 0.228. The molecule has 2 aromatic carbocycles. The van der Waals surface area contributed by atoms with Crippen molar-refractivity contribution in [3.8, 4) is 6.07 Å². The highest BCUT2D eigenvalue weighted by atomic mass is 15.3. The van der Waals surface area contributed by atoms with Crippen LogP contribution >= 0.6 is 0 Å². The van der Waals surface area contributed by atoms with Gasteiger partial charge in [0.25, 0.3) is 0 Å². The van der Waals surface area contributed by atoms with E-state index in [-0.39, 0.29) is 5.66 Å². The number of nitriles is 1. The van der Waals surface area contributed by atoms with Gasteiger partial charge < -0.3 is 16.0 Å². The summed E-state index contributed by atoms with van der Waals surface area (Å²) < 4.78 is 0. The lowest BCUT2D eigenvalue weighted by atomic mass is 9.78. The maximum Gasteiger partial charge on any atom is 0.108 e. The van der Waals surface area contributed by atoms with Crippen molar-refractivity contribution in [1.82, 2.24) is 5.32 Å².